The van der Waals surface area contributed by atoms with E-state index in [1.165, 1.54) is 11.8 Å². The van der Waals surface area contributed by atoms with Gasteiger partial charge in [-0.3, -0.25) is 9.36 Å². The van der Waals surface area contributed by atoms with Gasteiger partial charge in [0, 0.05) is 12.2 Å². The first-order valence-corrected chi connectivity index (χ1v) is 10.8. The summed E-state index contributed by atoms with van der Waals surface area (Å²) >= 11 is 1.27. The Morgan fingerprint density at radius 1 is 1.10 bits per heavy atom. The summed E-state index contributed by atoms with van der Waals surface area (Å²) in [6.07, 6.45) is 0.779. The van der Waals surface area contributed by atoms with E-state index in [0.717, 1.165) is 17.5 Å². The molecule has 0 aliphatic rings. The molecular formula is C22H25N3O4S. The molecule has 0 amide bonds. The number of rotatable bonds is 11. The highest BCUT2D eigenvalue weighted by atomic mass is 32.2. The summed E-state index contributed by atoms with van der Waals surface area (Å²) in [7, 11) is 0. The minimum Gasteiger partial charge on any atom is -0.491 e. The van der Waals surface area contributed by atoms with Gasteiger partial charge in [0.25, 0.3) is 0 Å². The third-order valence-corrected chi connectivity index (χ3v) is 5.48. The predicted molar refractivity (Wildman–Crippen MR) is 116 cm³/mol. The molecule has 3 aromatic rings. The minimum absolute atomic E-state index is 0.132. The van der Waals surface area contributed by atoms with Gasteiger partial charge in [-0.25, -0.2) is 0 Å². The largest absolute Gasteiger partial charge is 0.491 e. The Balaban J connectivity index is 1.51. The van der Waals surface area contributed by atoms with Gasteiger partial charge in [-0.15, -0.1) is 10.2 Å². The molecule has 0 aliphatic heterocycles. The molecule has 30 heavy (non-hydrogen) atoms. The molecule has 0 saturated heterocycles. The van der Waals surface area contributed by atoms with Crippen LogP contribution in [0.3, 0.4) is 0 Å². The molecule has 2 aromatic carbocycles. The van der Waals surface area contributed by atoms with Crippen LogP contribution >= 0.6 is 11.8 Å². The number of aliphatic hydroxyl groups is 1. The van der Waals surface area contributed by atoms with E-state index in [4.69, 9.17) is 9.84 Å². The van der Waals surface area contributed by atoms with Gasteiger partial charge in [0.15, 0.2) is 5.16 Å². The van der Waals surface area contributed by atoms with Crippen LogP contribution in [0.2, 0.25) is 0 Å². The lowest BCUT2D eigenvalue weighted by Crippen LogP contribution is -2.21. The number of aliphatic hydroxyl groups excluding tert-OH is 1. The first kappa shape index (κ1) is 21.9. The van der Waals surface area contributed by atoms with Gasteiger partial charge < -0.3 is 14.9 Å². The Kier molecular flexibility index (Phi) is 7.87. The Bertz CT molecular complexity index is 945. The van der Waals surface area contributed by atoms with Crippen molar-refractivity contribution in [1.29, 1.82) is 0 Å². The lowest BCUT2D eigenvalue weighted by molar-refractivity contribution is -0.137. The van der Waals surface area contributed by atoms with E-state index in [2.05, 4.69) is 10.2 Å². The monoisotopic (exact) mass is 427 g/mol. The molecule has 0 spiro atoms. The van der Waals surface area contributed by atoms with Crippen LogP contribution in [-0.4, -0.2) is 49.4 Å². The first-order chi connectivity index (χ1) is 14.6. The van der Waals surface area contributed by atoms with Gasteiger partial charge in [-0.05, 0) is 29.7 Å². The van der Waals surface area contributed by atoms with Crippen LogP contribution in [0.1, 0.15) is 19.2 Å². The van der Waals surface area contributed by atoms with Gasteiger partial charge in [0.05, 0.1) is 6.10 Å². The maximum atomic E-state index is 11.1. The fourth-order valence-electron chi connectivity index (χ4n) is 2.91. The highest BCUT2D eigenvalue weighted by Gasteiger charge is 2.16. The molecule has 0 saturated carbocycles. The number of benzene rings is 2. The third-order valence-electron chi connectivity index (χ3n) is 4.37. The number of nitrogens with zero attached hydrogens (tertiary/aromatic N) is 3. The molecular weight excluding hydrogens is 402 g/mol. The first-order valence-electron chi connectivity index (χ1n) is 9.79. The van der Waals surface area contributed by atoms with Gasteiger partial charge >= 0.3 is 5.97 Å². The predicted octanol–water partition coefficient (Wildman–Crippen LogP) is 3.51. The fourth-order valence-corrected chi connectivity index (χ4v) is 3.78. The third kappa shape index (κ3) is 6.08. The van der Waals surface area contributed by atoms with Crippen molar-refractivity contribution in [2.24, 2.45) is 0 Å². The summed E-state index contributed by atoms with van der Waals surface area (Å²) in [4.78, 5) is 11.1. The van der Waals surface area contributed by atoms with E-state index in [1.54, 1.807) is 4.57 Å². The fraction of sp³-hybridized carbons (Fsp3) is 0.318. The molecule has 8 heteroatoms. The molecule has 1 heterocycles. The van der Waals surface area contributed by atoms with E-state index in [-0.39, 0.29) is 13.2 Å². The second-order valence-electron chi connectivity index (χ2n) is 6.79. The Labute approximate surface area is 179 Å². The number of aryl methyl sites for hydroxylation is 1. The van der Waals surface area contributed by atoms with Crippen molar-refractivity contribution in [2.45, 2.75) is 37.6 Å². The quantitative estimate of drug-likeness (QED) is 0.452. The van der Waals surface area contributed by atoms with Crippen LogP contribution in [0.15, 0.2) is 59.8 Å². The van der Waals surface area contributed by atoms with Crippen molar-refractivity contribution in [1.82, 2.24) is 14.8 Å². The molecule has 3 rings (SSSR count). The highest BCUT2D eigenvalue weighted by molar-refractivity contribution is 7.99. The molecule has 0 aliphatic carbocycles. The smallest absolute Gasteiger partial charge is 0.323 e. The van der Waals surface area contributed by atoms with Crippen molar-refractivity contribution in [3.05, 3.63) is 60.4 Å². The second-order valence-corrected chi connectivity index (χ2v) is 7.78. The topological polar surface area (TPSA) is 97.5 Å². The average molecular weight is 428 g/mol. The summed E-state index contributed by atoms with van der Waals surface area (Å²) in [5.41, 5.74) is 2.23. The van der Waals surface area contributed by atoms with E-state index in [1.807, 2.05) is 61.5 Å². The van der Waals surface area contributed by atoms with E-state index >= 15 is 0 Å². The normalized spacial score (nSPS) is 11.9. The number of aromatic nitrogens is 3. The molecule has 0 fully saturated rings. The van der Waals surface area contributed by atoms with Crippen LogP contribution in [-0.2, 0) is 17.8 Å². The SMILES string of the molecule is CCCc1nnc(SCC(O)COc2ccc(-c3ccccc3)cc2)n1CC(=O)O. The van der Waals surface area contributed by atoms with E-state index < -0.39 is 12.1 Å². The van der Waals surface area contributed by atoms with E-state index in [0.29, 0.717) is 28.9 Å². The zero-order valence-corrected chi connectivity index (χ0v) is 17.6. The number of hydrogen-bond donors (Lipinski definition) is 2. The number of ether oxygens (including phenoxy) is 1. The zero-order chi connectivity index (χ0) is 21.3. The standard InChI is InChI=1S/C22H25N3O4S/c1-2-6-20-23-24-22(25(20)13-21(27)28)30-15-18(26)14-29-19-11-9-17(10-12-19)16-7-4-3-5-8-16/h3-5,7-12,18,26H,2,6,13-15H2,1H3,(H,27,28). The molecule has 1 atom stereocenters. The van der Waals surface area contributed by atoms with Crippen LogP contribution in [0.25, 0.3) is 11.1 Å². The lowest BCUT2D eigenvalue weighted by atomic mass is 10.1. The molecule has 1 unspecified atom stereocenters. The number of carboxylic acids is 1. The summed E-state index contributed by atoms with van der Waals surface area (Å²) in [5, 5.41) is 28.0. The van der Waals surface area contributed by atoms with Gasteiger partial charge in [-0.1, -0.05) is 61.2 Å². The Hall–Kier alpha value is -2.84. The van der Waals surface area contributed by atoms with Crippen LogP contribution in [0.5, 0.6) is 5.75 Å². The van der Waals surface area contributed by atoms with Crippen molar-refractivity contribution >= 4 is 17.7 Å². The summed E-state index contributed by atoms with van der Waals surface area (Å²) in [6.45, 7) is 1.94. The summed E-state index contributed by atoms with van der Waals surface area (Å²) < 4.78 is 7.28. The van der Waals surface area contributed by atoms with Crippen molar-refractivity contribution in [3.63, 3.8) is 0 Å². The molecule has 7 nitrogen and oxygen atoms in total. The van der Waals surface area contributed by atoms with Crippen LogP contribution in [0, 0.1) is 0 Å². The molecule has 0 radical (unpaired) electrons. The molecule has 2 N–H and O–H groups in total. The summed E-state index contributed by atoms with van der Waals surface area (Å²) in [6, 6.07) is 17.8. The summed E-state index contributed by atoms with van der Waals surface area (Å²) in [5.74, 6) is 0.702. The average Bonchev–Trinajstić information content (AvgIpc) is 3.12. The zero-order valence-electron chi connectivity index (χ0n) is 16.8. The van der Waals surface area contributed by atoms with E-state index in [9.17, 15) is 9.90 Å². The highest BCUT2D eigenvalue weighted by Crippen LogP contribution is 2.23. The number of aliphatic carboxylic acids is 1. The van der Waals surface area contributed by atoms with Crippen molar-refractivity contribution < 1.29 is 19.7 Å². The maximum absolute atomic E-state index is 11.1. The van der Waals surface area contributed by atoms with Crippen LogP contribution < -0.4 is 4.74 Å². The molecule has 0 bridgehead atoms. The van der Waals surface area contributed by atoms with Crippen LogP contribution in [0.4, 0.5) is 0 Å². The number of carboxylic acid groups (broad SMARTS) is 1. The second kappa shape index (κ2) is 10.8. The lowest BCUT2D eigenvalue weighted by Gasteiger charge is -2.13. The molecule has 158 valence electrons. The van der Waals surface area contributed by atoms with Gasteiger partial charge in [0.1, 0.15) is 24.7 Å². The van der Waals surface area contributed by atoms with Crippen molar-refractivity contribution in [3.8, 4) is 16.9 Å². The molecule has 1 aromatic heterocycles. The van der Waals surface area contributed by atoms with Crippen molar-refractivity contribution in [2.75, 3.05) is 12.4 Å². The Morgan fingerprint density at radius 3 is 2.47 bits per heavy atom. The van der Waals surface area contributed by atoms with Gasteiger partial charge in [-0.2, -0.15) is 0 Å². The van der Waals surface area contributed by atoms with Gasteiger partial charge in [0.2, 0.25) is 0 Å². The Morgan fingerprint density at radius 2 is 1.80 bits per heavy atom. The maximum Gasteiger partial charge on any atom is 0.323 e. The number of carbonyl (C=O) groups is 1. The minimum atomic E-state index is -0.947. The number of hydrogen-bond acceptors (Lipinski definition) is 6. The number of thioether (sulfide) groups is 1.